The molecule has 0 spiro atoms. The van der Waals surface area contributed by atoms with E-state index in [-0.39, 0.29) is 18.4 Å². The fraction of sp³-hybridized carbons (Fsp3) is 0.382. The zero-order valence-corrected chi connectivity index (χ0v) is 24.6. The highest BCUT2D eigenvalue weighted by Gasteiger charge is 2.35. The molecule has 0 saturated heterocycles. The first-order valence-electron chi connectivity index (χ1n) is 14.1. The molecule has 3 aromatic carbocycles. The van der Waals surface area contributed by atoms with Crippen LogP contribution in [0.5, 0.6) is 11.5 Å². The van der Waals surface area contributed by atoms with Crippen LogP contribution in [0.2, 0.25) is 0 Å². The fourth-order valence-electron chi connectivity index (χ4n) is 4.74. The molecule has 0 aliphatic carbocycles. The summed E-state index contributed by atoms with van der Waals surface area (Å²) < 4.78 is 5.96. The van der Waals surface area contributed by atoms with E-state index in [1.54, 1.807) is 0 Å². The number of aryl methyl sites for hydroxylation is 2. The Morgan fingerprint density at radius 2 is 1.51 bits per heavy atom. The lowest BCUT2D eigenvalue weighted by Crippen LogP contribution is -2.55. The number of carboxylic acids is 1. The summed E-state index contributed by atoms with van der Waals surface area (Å²) >= 11 is 0. The molecule has 0 radical (unpaired) electrons. The molecule has 0 aliphatic heterocycles. The summed E-state index contributed by atoms with van der Waals surface area (Å²) in [5.41, 5.74) is 2.46. The van der Waals surface area contributed by atoms with Gasteiger partial charge in [-0.3, -0.25) is 14.4 Å². The number of ether oxygens (including phenoxy) is 1. The number of hydrogen-bond acceptors (Lipinski definition) is 4. The van der Waals surface area contributed by atoms with Gasteiger partial charge in [0.1, 0.15) is 17.5 Å². The van der Waals surface area contributed by atoms with Gasteiger partial charge in [0.15, 0.2) is 0 Å². The molecule has 0 unspecified atom stereocenters. The highest BCUT2D eigenvalue weighted by molar-refractivity contribution is 5.90. The van der Waals surface area contributed by atoms with Crippen molar-refractivity contribution in [1.82, 2.24) is 10.6 Å². The van der Waals surface area contributed by atoms with Crippen molar-refractivity contribution >= 4 is 17.8 Å². The maximum Gasteiger partial charge on any atom is 0.304 e. The third-order valence-electron chi connectivity index (χ3n) is 7.09. The molecule has 3 atom stereocenters. The van der Waals surface area contributed by atoms with Gasteiger partial charge >= 0.3 is 5.97 Å². The molecule has 0 heterocycles. The van der Waals surface area contributed by atoms with Crippen molar-refractivity contribution in [3.05, 3.63) is 95.6 Å². The van der Waals surface area contributed by atoms with Gasteiger partial charge in [0, 0.05) is 5.92 Å². The zero-order valence-electron chi connectivity index (χ0n) is 24.6. The lowest BCUT2D eigenvalue weighted by Gasteiger charge is -2.32. The van der Waals surface area contributed by atoms with Crippen molar-refractivity contribution in [2.75, 3.05) is 0 Å². The van der Waals surface area contributed by atoms with E-state index < -0.39 is 29.3 Å². The maximum atomic E-state index is 13.3. The second-order valence-corrected chi connectivity index (χ2v) is 11.7. The first-order valence-corrected chi connectivity index (χ1v) is 14.1. The molecule has 0 saturated carbocycles. The molecule has 2 amide bonds. The maximum absolute atomic E-state index is 13.3. The van der Waals surface area contributed by atoms with E-state index in [1.165, 1.54) is 0 Å². The fourth-order valence-corrected chi connectivity index (χ4v) is 4.74. The minimum Gasteiger partial charge on any atom is -0.481 e. The van der Waals surface area contributed by atoms with Crippen LogP contribution in [0.15, 0.2) is 78.9 Å². The number of carboxylic acid groups (broad SMARTS) is 1. The van der Waals surface area contributed by atoms with Gasteiger partial charge in [0.2, 0.25) is 11.8 Å². The number of hydrogen-bond donors (Lipinski definition) is 3. The van der Waals surface area contributed by atoms with Gasteiger partial charge < -0.3 is 20.5 Å². The topological polar surface area (TPSA) is 105 Å². The van der Waals surface area contributed by atoms with E-state index in [1.807, 2.05) is 107 Å². The number of benzene rings is 3. The Labute approximate surface area is 243 Å². The SMILES string of the molecule is Cc1cc(CCC[C@H](CC(=O)O)C(=O)N[C@H](C(=O)N[C@H](C)c2ccccc2)C(C)(C)C)ccc1Oc1ccccc1. The van der Waals surface area contributed by atoms with Crippen molar-refractivity contribution in [2.24, 2.45) is 11.3 Å². The van der Waals surface area contributed by atoms with E-state index in [0.717, 1.165) is 28.2 Å². The Bertz CT molecular complexity index is 1300. The predicted octanol–water partition coefficient (Wildman–Crippen LogP) is 6.61. The summed E-state index contributed by atoms with van der Waals surface area (Å²) in [5.74, 6) is -0.975. The molecule has 3 aromatic rings. The molecule has 0 fully saturated rings. The molecule has 218 valence electrons. The van der Waals surface area contributed by atoms with Crippen LogP contribution in [-0.2, 0) is 20.8 Å². The van der Waals surface area contributed by atoms with Gasteiger partial charge in [-0.25, -0.2) is 0 Å². The molecule has 0 bridgehead atoms. The molecule has 3 N–H and O–H groups in total. The predicted molar refractivity (Wildman–Crippen MR) is 161 cm³/mol. The number of amides is 2. The third-order valence-corrected chi connectivity index (χ3v) is 7.09. The second-order valence-electron chi connectivity index (χ2n) is 11.7. The standard InChI is InChI=1S/C34H42N2O5/c1-23-21-25(19-20-29(23)41-28-17-10-7-11-18-28)13-12-16-27(22-30(37)38)32(39)36-31(34(3,4)5)33(40)35-24(2)26-14-8-6-9-15-26/h6-11,14-15,17-21,24,27,31H,12-13,16,22H2,1-5H3,(H,35,40)(H,36,39)(H,37,38)/t24-,27-,31-/m1/s1. The number of para-hydroxylation sites is 1. The summed E-state index contributed by atoms with van der Waals surface area (Å²) in [6.45, 7) is 9.52. The largest absolute Gasteiger partial charge is 0.481 e. The average molecular weight is 559 g/mol. The Hall–Kier alpha value is -4.13. The Morgan fingerprint density at radius 3 is 2.10 bits per heavy atom. The van der Waals surface area contributed by atoms with Crippen LogP contribution in [0.3, 0.4) is 0 Å². The van der Waals surface area contributed by atoms with Crippen LogP contribution >= 0.6 is 0 Å². The number of carbonyl (C=O) groups excluding carboxylic acids is 2. The first-order chi connectivity index (χ1) is 19.4. The minimum atomic E-state index is -1.04. The van der Waals surface area contributed by atoms with Crippen LogP contribution in [0.1, 0.15) is 69.7 Å². The summed E-state index contributed by atoms with van der Waals surface area (Å²) in [5, 5.41) is 15.4. The van der Waals surface area contributed by atoms with E-state index in [4.69, 9.17) is 4.74 Å². The average Bonchev–Trinajstić information content (AvgIpc) is 2.92. The van der Waals surface area contributed by atoms with Gasteiger partial charge in [0.25, 0.3) is 0 Å². The van der Waals surface area contributed by atoms with Crippen LogP contribution in [0.25, 0.3) is 0 Å². The van der Waals surface area contributed by atoms with Crippen molar-refractivity contribution in [3.63, 3.8) is 0 Å². The lowest BCUT2D eigenvalue weighted by molar-refractivity contribution is -0.142. The van der Waals surface area contributed by atoms with Gasteiger partial charge in [-0.15, -0.1) is 0 Å². The number of aliphatic carboxylic acids is 1. The number of rotatable bonds is 13. The Morgan fingerprint density at radius 1 is 0.878 bits per heavy atom. The van der Waals surface area contributed by atoms with Gasteiger partial charge in [-0.05, 0) is 73.4 Å². The van der Waals surface area contributed by atoms with Gasteiger partial charge in [0.05, 0.1) is 12.5 Å². The third kappa shape index (κ3) is 9.78. The van der Waals surface area contributed by atoms with E-state index in [2.05, 4.69) is 16.7 Å². The monoisotopic (exact) mass is 558 g/mol. The molecule has 3 rings (SSSR count). The summed E-state index contributed by atoms with van der Waals surface area (Å²) in [6.07, 6.45) is 1.40. The first kappa shape index (κ1) is 31.4. The molecule has 7 nitrogen and oxygen atoms in total. The van der Waals surface area contributed by atoms with E-state index >= 15 is 0 Å². The van der Waals surface area contributed by atoms with Crippen molar-refractivity contribution in [2.45, 2.75) is 72.4 Å². The lowest BCUT2D eigenvalue weighted by atomic mass is 9.85. The van der Waals surface area contributed by atoms with E-state index in [0.29, 0.717) is 19.3 Å². The normalized spacial score (nSPS) is 13.5. The van der Waals surface area contributed by atoms with Crippen molar-refractivity contribution < 1.29 is 24.2 Å². The quantitative estimate of drug-likeness (QED) is 0.219. The Balaban J connectivity index is 1.62. The second kappa shape index (κ2) is 14.5. The van der Waals surface area contributed by atoms with E-state index in [9.17, 15) is 19.5 Å². The molecule has 0 aliphatic rings. The van der Waals surface area contributed by atoms with Gasteiger partial charge in [-0.2, -0.15) is 0 Å². The molecule has 7 heteroatoms. The van der Waals surface area contributed by atoms with Crippen molar-refractivity contribution in [1.29, 1.82) is 0 Å². The summed E-state index contributed by atoms with van der Waals surface area (Å²) in [4.78, 5) is 38.2. The van der Waals surface area contributed by atoms with Crippen molar-refractivity contribution in [3.8, 4) is 11.5 Å². The zero-order chi connectivity index (χ0) is 30.0. The Kier molecular flexibility index (Phi) is 11.1. The molecule has 0 aromatic heterocycles. The molecular formula is C34H42N2O5. The van der Waals surface area contributed by atoms with Crippen LogP contribution in [-0.4, -0.2) is 28.9 Å². The van der Waals surface area contributed by atoms with Crippen LogP contribution < -0.4 is 15.4 Å². The minimum absolute atomic E-state index is 0.242. The number of nitrogens with one attached hydrogen (secondary N) is 2. The molecule has 41 heavy (non-hydrogen) atoms. The highest BCUT2D eigenvalue weighted by Crippen LogP contribution is 2.27. The molecular weight excluding hydrogens is 516 g/mol. The van der Waals surface area contributed by atoms with Gasteiger partial charge in [-0.1, -0.05) is 81.4 Å². The van der Waals surface area contributed by atoms with Crippen LogP contribution in [0, 0.1) is 18.3 Å². The summed E-state index contributed by atoms with van der Waals surface area (Å²) in [7, 11) is 0. The van der Waals surface area contributed by atoms with Crippen LogP contribution in [0.4, 0.5) is 0 Å². The smallest absolute Gasteiger partial charge is 0.304 e. The summed E-state index contributed by atoms with van der Waals surface area (Å²) in [6, 6.07) is 24.1. The highest BCUT2D eigenvalue weighted by atomic mass is 16.5. The number of carbonyl (C=O) groups is 3.